The van der Waals surface area contributed by atoms with E-state index in [4.69, 9.17) is 20.2 Å². The molecule has 3 N–H and O–H groups in total. The average molecular weight is 421 g/mol. The van der Waals surface area contributed by atoms with Gasteiger partial charge in [-0.05, 0) is 18.6 Å². The van der Waals surface area contributed by atoms with Crippen LogP contribution in [0.1, 0.15) is 22.8 Å². The number of ether oxygens (including phenoxy) is 2. The average Bonchev–Trinajstić information content (AvgIpc) is 3.40. The topological polar surface area (TPSA) is 122 Å². The van der Waals surface area contributed by atoms with Gasteiger partial charge in [-0.15, -0.1) is 0 Å². The molecule has 1 aliphatic heterocycles. The fraction of sp³-hybridized carbons (Fsp3) is 0.333. The van der Waals surface area contributed by atoms with Crippen LogP contribution in [0.25, 0.3) is 27.9 Å². The monoisotopic (exact) mass is 421 g/mol. The van der Waals surface area contributed by atoms with Crippen LogP contribution in [0.15, 0.2) is 36.8 Å². The highest BCUT2D eigenvalue weighted by Gasteiger charge is 2.29. The SMILES string of the molecule is CNc1cc(-c2cn([C@H]3CCOC[C@H]3OC)c3ncccc23)nc2c(C(N)=O)cnn12. The first-order valence-corrected chi connectivity index (χ1v) is 10.0. The fourth-order valence-corrected chi connectivity index (χ4v) is 4.24. The number of primary amides is 1. The van der Waals surface area contributed by atoms with Crippen LogP contribution < -0.4 is 11.1 Å². The molecule has 5 rings (SSSR count). The number of hydrogen-bond acceptors (Lipinski definition) is 7. The van der Waals surface area contributed by atoms with Gasteiger partial charge in [0, 0.05) is 50.2 Å². The summed E-state index contributed by atoms with van der Waals surface area (Å²) >= 11 is 0. The number of carbonyl (C=O) groups is 1. The first kappa shape index (κ1) is 19.5. The summed E-state index contributed by atoms with van der Waals surface area (Å²) < 4.78 is 15.0. The zero-order valence-corrected chi connectivity index (χ0v) is 17.3. The van der Waals surface area contributed by atoms with Crippen LogP contribution in [0.5, 0.6) is 0 Å². The number of hydrogen-bond donors (Lipinski definition) is 2. The Morgan fingerprint density at radius 3 is 3.03 bits per heavy atom. The molecule has 0 aromatic carbocycles. The van der Waals surface area contributed by atoms with Crippen LogP contribution in [0, 0.1) is 0 Å². The summed E-state index contributed by atoms with van der Waals surface area (Å²) in [4.78, 5) is 21.3. The van der Waals surface area contributed by atoms with Gasteiger partial charge in [0.2, 0.25) is 0 Å². The maximum atomic E-state index is 11.9. The number of methoxy groups -OCH3 is 1. The number of pyridine rings is 1. The van der Waals surface area contributed by atoms with E-state index in [1.54, 1.807) is 24.9 Å². The van der Waals surface area contributed by atoms with Crippen LogP contribution >= 0.6 is 0 Å². The second kappa shape index (κ2) is 7.64. The van der Waals surface area contributed by atoms with Gasteiger partial charge in [-0.25, -0.2) is 9.97 Å². The van der Waals surface area contributed by atoms with Crippen molar-refractivity contribution in [3.63, 3.8) is 0 Å². The fourth-order valence-electron chi connectivity index (χ4n) is 4.24. The molecule has 0 bridgehead atoms. The Balaban J connectivity index is 1.73. The molecule has 1 aliphatic rings. The molecular weight excluding hydrogens is 398 g/mol. The van der Waals surface area contributed by atoms with Crippen molar-refractivity contribution in [3.05, 3.63) is 42.4 Å². The van der Waals surface area contributed by atoms with E-state index in [1.807, 2.05) is 18.2 Å². The van der Waals surface area contributed by atoms with Gasteiger partial charge < -0.3 is 25.1 Å². The lowest BCUT2D eigenvalue weighted by molar-refractivity contribution is -0.0592. The first-order valence-electron chi connectivity index (χ1n) is 10.0. The zero-order chi connectivity index (χ0) is 21.5. The van der Waals surface area contributed by atoms with E-state index in [0.29, 0.717) is 30.4 Å². The van der Waals surface area contributed by atoms with Crippen molar-refractivity contribution < 1.29 is 14.3 Å². The third kappa shape index (κ3) is 3.11. The lowest BCUT2D eigenvalue weighted by atomic mass is 10.1. The van der Waals surface area contributed by atoms with Crippen LogP contribution in [-0.2, 0) is 9.47 Å². The molecule has 10 heteroatoms. The third-order valence-corrected chi connectivity index (χ3v) is 5.79. The summed E-state index contributed by atoms with van der Waals surface area (Å²) in [6, 6.07) is 5.91. The standard InChI is InChI=1S/C21H23N7O3/c1-23-18-8-15(26-21-13(19(22)29)9-25-28(18)21)14-10-27(20-12(14)4-3-6-24-20)16-5-7-31-11-17(16)30-2/h3-4,6,8-10,16-17,23H,5,7,11H2,1-2H3,(H2,22,29)/t16-,17+/m0/s1. The Kier molecular flexibility index (Phi) is 4.79. The number of nitrogens with zero attached hydrogens (tertiary/aromatic N) is 5. The highest BCUT2D eigenvalue weighted by Crippen LogP contribution is 2.35. The molecule has 0 unspecified atom stereocenters. The first-order chi connectivity index (χ1) is 15.1. The molecule has 1 saturated heterocycles. The van der Waals surface area contributed by atoms with Crippen molar-refractivity contribution in [1.29, 1.82) is 0 Å². The van der Waals surface area contributed by atoms with Gasteiger partial charge >= 0.3 is 0 Å². The van der Waals surface area contributed by atoms with E-state index < -0.39 is 5.91 Å². The molecule has 0 spiro atoms. The number of anilines is 1. The Morgan fingerprint density at radius 2 is 2.26 bits per heavy atom. The quantitative estimate of drug-likeness (QED) is 0.504. The summed E-state index contributed by atoms with van der Waals surface area (Å²) in [7, 11) is 3.49. The molecule has 160 valence electrons. The van der Waals surface area contributed by atoms with Gasteiger partial charge in [0.25, 0.3) is 5.91 Å². The summed E-state index contributed by atoms with van der Waals surface area (Å²) in [6.45, 7) is 1.20. The van der Waals surface area contributed by atoms with Crippen molar-refractivity contribution >= 4 is 28.4 Å². The minimum absolute atomic E-state index is 0.0705. The lowest BCUT2D eigenvalue weighted by Crippen LogP contribution is -2.35. The van der Waals surface area contributed by atoms with E-state index in [0.717, 1.165) is 23.0 Å². The summed E-state index contributed by atoms with van der Waals surface area (Å²) in [5.41, 5.74) is 8.65. The largest absolute Gasteiger partial charge is 0.379 e. The molecule has 1 fully saturated rings. The highest BCUT2D eigenvalue weighted by atomic mass is 16.5. The molecule has 0 saturated carbocycles. The van der Waals surface area contributed by atoms with Gasteiger partial charge in [0.05, 0.1) is 24.5 Å². The van der Waals surface area contributed by atoms with E-state index in [9.17, 15) is 4.79 Å². The number of nitrogens with one attached hydrogen (secondary N) is 1. The third-order valence-electron chi connectivity index (χ3n) is 5.79. The summed E-state index contributed by atoms with van der Waals surface area (Å²) in [5, 5.41) is 8.33. The van der Waals surface area contributed by atoms with E-state index in [-0.39, 0.29) is 17.7 Å². The number of carbonyl (C=O) groups excluding carboxylic acids is 1. The second-order valence-electron chi connectivity index (χ2n) is 7.46. The van der Waals surface area contributed by atoms with Crippen LogP contribution in [0.3, 0.4) is 0 Å². The molecule has 0 aliphatic carbocycles. The zero-order valence-electron chi connectivity index (χ0n) is 17.3. The molecule has 0 radical (unpaired) electrons. The van der Waals surface area contributed by atoms with Gasteiger partial charge in [-0.2, -0.15) is 9.61 Å². The number of fused-ring (bicyclic) bond motifs is 2. The molecule has 5 heterocycles. The van der Waals surface area contributed by atoms with Crippen LogP contribution in [0.4, 0.5) is 5.82 Å². The molecule has 31 heavy (non-hydrogen) atoms. The normalized spacial score (nSPS) is 19.2. The number of rotatable bonds is 5. The van der Waals surface area contributed by atoms with E-state index in [1.165, 1.54) is 6.20 Å². The number of nitrogens with two attached hydrogens (primary N) is 1. The van der Waals surface area contributed by atoms with Gasteiger partial charge in [0.15, 0.2) is 5.65 Å². The Labute approximate surface area is 178 Å². The highest BCUT2D eigenvalue weighted by molar-refractivity contribution is 6.00. The Morgan fingerprint density at radius 1 is 1.39 bits per heavy atom. The molecule has 4 aromatic rings. The predicted molar refractivity (Wildman–Crippen MR) is 115 cm³/mol. The number of amides is 1. The predicted octanol–water partition coefficient (Wildman–Crippen LogP) is 1.86. The molecular formula is C21H23N7O3. The lowest BCUT2D eigenvalue weighted by Gasteiger charge is -2.31. The van der Waals surface area contributed by atoms with Crippen molar-refractivity contribution in [3.8, 4) is 11.3 Å². The van der Waals surface area contributed by atoms with Gasteiger partial charge in [-0.3, -0.25) is 4.79 Å². The molecule has 2 atom stereocenters. The van der Waals surface area contributed by atoms with Gasteiger partial charge in [0.1, 0.15) is 23.1 Å². The van der Waals surface area contributed by atoms with E-state index in [2.05, 4.69) is 26.2 Å². The van der Waals surface area contributed by atoms with Crippen molar-refractivity contribution in [1.82, 2.24) is 24.1 Å². The molecule has 1 amide bonds. The summed E-state index contributed by atoms with van der Waals surface area (Å²) in [5.74, 6) is 0.120. The minimum Gasteiger partial charge on any atom is -0.379 e. The van der Waals surface area contributed by atoms with Crippen LogP contribution in [-0.4, -0.2) is 63.5 Å². The van der Waals surface area contributed by atoms with Crippen LogP contribution in [0.2, 0.25) is 0 Å². The maximum Gasteiger partial charge on any atom is 0.254 e. The van der Waals surface area contributed by atoms with Crippen molar-refractivity contribution in [2.75, 3.05) is 32.7 Å². The molecule has 4 aromatic heterocycles. The van der Waals surface area contributed by atoms with E-state index >= 15 is 0 Å². The number of aromatic nitrogens is 5. The Bertz CT molecular complexity index is 1280. The summed E-state index contributed by atoms with van der Waals surface area (Å²) in [6.07, 6.45) is 6.02. The second-order valence-corrected chi connectivity index (χ2v) is 7.46. The van der Waals surface area contributed by atoms with Crippen molar-refractivity contribution in [2.24, 2.45) is 5.73 Å². The Hall–Kier alpha value is -3.50. The smallest absolute Gasteiger partial charge is 0.254 e. The van der Waals surface area contributed by atoms with Crippen molar-refractivity contribution in [2.45, 2.75) is 18.6 Å². The maximum absolute atomic E-state index is 11.9. The molecule has 10 nitrogen and oxygen atoms in total. The minimum atomic E-state index is -0.573. The van der Waals surface area contributed by atoms with Gasteiger partial charge in [-0.1, -0.05) is 0 Å².